The van der Waals surface area contributed by atoms with E-state index in [2.05, 4.69) is 46.5 Å². The van der Waals surface area contributed by atoms with Crippen LogP contribution in [-0.4, -0.2) is 29.2 Å². The van der Waals surface area contributed by atoms with E-state index in [1.807, 2.05) is 0 Å². The second kappa shape index (κ2) is 8.31. The van der Waals surface area contributed by atoms with E-state index < -0.39 is 0 Å². The molecule has 0 atom stereocenters. The van der Waals surface area contributed by atoms with Crippen LogP contribution in [0.2, 0.25) is 0 Å². The van der Waals surface area contributed by atoms with Crippen molar-refractivity contribution >= 4 is 5.96 Å². The molecule has 0 unspecified atom stereocenters. The van der Waals surface area contributed by atoms with Gasteiger partial charge in [-0.05, 0) is 37.5 Å². The molecule has 1 aromatic heterocycles. The first kappa shape index (κ1) is 17.8. The van der Waals surface area contributed by atoms with Gasteiger partial charge in [-0.25, -0.2) is 4.99 Å². The zero-order valence-corrected chi connectivity index (χ0v) is 15.0. The summed E-state index contributed by atoms with van der Waals surface area (Å²) in [6.45, 7) is 10.8. The second-order valence-electron chi connectivity index (χ2n) is 7.08. The predicted molar refractivity (Wildman–Crippen MR) is 92.2 cm³/mol. The molecular weight excluding hydrogens is 290 g/mol. The number of aliphatic imine (C=N–C) groups is 1. The minimum atomic E-state index is 0.424. The van der Waals surface area contributed by atoms with Crippen LogP contribution in [0, 0.1) is 18.3 Å². The van der Waals surface area contributed by atoms with E-state index in [0.717, 1.165) is 25.0 Å². The third kappa shape index (κ3) is 5.52. The Labute approximate surface area is 139 Å². The van der Waals surface area contributed by atoms with Crippen molar-refractivity contribution in [1.29, 1.82) is 0 Å². The molecule has 23 heavy (non-hydrogen) atoms. The average Bonchev–Trinajstić information content (AvgIpc) is 3.11. The van der Waals surface area contributed by atoms with Crippen molar-refractivity contribution in [3.8, 4) is 0 Å². The molecule has 0 amide bonds. The molecule has 1 aliphatic rings. The van der Waals surface area contributed by atoms with Crippen molar-refractivity contribution in [1.82, 2.24) is 20.8 Å². The zero-order chi connectivity index (χ0) is 16.7. The lowest BCUT2D eigenvalue weighted by Crippen LogP contribution is -2.43. The van der Waals surface area contributed by atoms with E-state index in [1.54, 1.807) is 6.92 Å². The van der Waals surface area contributed by atoms with E-state index in [4.69, 9.17) is 4.52 Å². The minimum Gasteiger partial charge on any atom is -0.357 e. The quantitative estimate of drug-likeness (QED) is 0.596. The highest BCUT2D eigenvalue weighted by Gasteiger charge is 2.34. The molecule has 6 nitrogen and oxygen atoms in total. The third-order valence-corrected chi connectivity index (χ3v) is 4.43. The molecule has 0 radical (unpaired) electrons. The Bertz CT molecular complexity index is 503. The molecule has 0 aromatic carbocycles. The highest BCUT2D eigenvalue weighted by Crippen LogP contribution is 2.42. The Morgan fingerprint density at radius 3 is 2.61 bits per heavy atom. The van der Waals surface area contributed by atoms with Crippen LogP contribution in [0.3, 0.4) is 0 Å². The summed E-state index contributed by atoms with van der Waals surface area (Å²) in [6.07, 6.45) is 6.63. The monoisotopic (exact) mass is 321 g/mol. The SMILES string of the molecule is CCNC(=NCc1noc(C)n1)NCC1(CC(C)C)CCCC1. The Balaban J connectivity index is 1.94. The molecule has 0 aliphatic heterocycles. The number of guanidine groups is 1. The van der Waals surface area contributed by atoms with Crippen LogP contribution in [0.5, 0.6) is 0 Å². The summed E-state index contributed by atoms with van der Waals surface area (Å²) >= 11 is 0. The second-order valence-corrected chi connectivity index (χ2v) is 7.08. The van der Waals surface area contributed by atoms with Gasteiger partial charge in [0.1, 0.15) is 6.54 Å². The highest BCUT2D eigenvalue weighted by atomic mass is 16.5. The van der Waals surface area contributed by atoms with Crippen molar-refractivity contribution in [3.05, 3.63) is 11.7 Å². The Kier molecular flexibility index (Phi) is 6.42. The molecule has 1 heterocycles. The summed E-state index contributed by atoms with van der Waals surface area (Å²) in [6, 6.07) is 0. The molecule has 1 aromatic rings. The topological polar surface area (TPSA) is 75.3 Å². The molecule has 1 aliphatic carbocycles. The van der Waals surface area contributed by atoms with Crippen LogP contribution in [0.25, 0.3) is 0 Å². The Morgan fingerprint density at radius 1 is 1.30 bits per heavy atom. The molecule has 1 saturated carbocycles. The van der Waals surface area contributed by atoms with Crippen LogP contribution in [-0.2, 0) is 6.54 Å². The smallest absolute Gasteiger partial charge is 0.223 e. The lowest BCUT2D eigenvalue weighted by atomic mass is 9.78. The molecular formula is C17H31N5O. The van der Waals surface area contributed by atoms with Gasteiger partial charge in [0.15, 0.2) is 11.8 Å². The summed E-state index contributed by atoms with van der Waals surface area (Å²) in [5.74, 6) is 2.77. The van der Waals surface area contributed by atoms with Crippen molar-refractivity contribution < 1.29 is 4.52 Å². The van der Waals surface area contributed by atoms with E-state index >= 15 is 0 Å². The van der Waals surface area contributed by atoms with E-state index in [-0.39, 0.29) is 0 Å². The number of rotatable bonds is 7. The predicted octanol–water partition coefficient (Wildman–Crippen LogP) is 3.04. The van der Waals surface area contributed by atoms with E-state index in [0.29, 0.717) is 23.7 Å². The summed E-state index contributed by atoms with van der Waals surface area (Å²) in [4.78, 5) is 8.77. The van der Waals surface area contributed by atoms with Crippen LogP contribution < -0.4 is 10.6 Å². The maximum absolute atomic E-state index is 4.99. The van der Waals surface area contributed by atoms with Gasteiger partial charge >= 0.3 is 0 Å². The normalized spacial score (nSPS) is 17.7. The van der Waals surface area contributed by atoms with E-state index in [1.165, 1.54) is 32.1 Å². The van der Waals surface area contributed by atoms with Gasteiger partial charge in [-0.2, -0.15) is 4.98 Å². The molecule has 2 N–H and O–H groups in total. The standard InChI is InChI=1S/C17H31N5O/c1-5-18-16(19-11-15-21-14(4)23-22-15)20-12-17(10-13(2)3)8-6-7-9-17/h13H,5-12H2,1-4H3,(H2,18,19,20). The largest absolute Gasteiger partial charge is 0.357 e. The number of nitrogens with zero attached hydrogens (tertiary/aromatic N) is 3. The van der Waals surface area contributed by atoms with Gasteiger partial charge in [0.2, 0.25) is 5.89 Å². The Morgan fingerprint density at radius 2 is 2.04 bits per heavy atom. The fourth-order valence-electron chi connectivity index (χ4n) is 3.61. The van der Waals surface area contributed by atoms with Gasteiger partial charge in [-0.15, -0.1) is 0 Å². The van der Waals surface area contributed by atoms with Gasteiger partial charge < -0.3 is 15.2 Å². The maximum Gasteiger partial charge on any atom is 0.223 e. The van der Waals surface area contributed by atoms with Crippen LogP contribution in [0.15, 0.2) is 9.52 Å². The molecule has 1 fully saturated rings. The number of aromatic nitrogens is 2. The van der Waals surface area contributed by atoms with E-state index in [9.17, 15) is 0 Å². The zero-order valence-electron chi connectivity index (χ0n) is 15.0. The minimum absolute atomic E-state index is 0.424. The summed E-state index contributed by atoms with van der Waals surface area (Å²) in [5.41, 5.74) is 0.424. The van der Waals surface area contributed by atoms with Crippen molar-refractivity contribution in [3.63, 3.8) is 0 Å². The fourth-order valence-corrected chi connectivity index (χ4v) is 3.61. The average molecular weight is 321 g/mol. The first-order valence-corrected chi connectivity index (χ1v) is 8.84. The Hall–Kier alpha value is -1.59. The van der Waals surface area contributed by atoms with Gasteiger partial charge in [0, 0.05) is 20.0 Å². The number of aryl methyl sites for hydroxylation is 1. The molecule has 0 bridgehead atoms. The number of hydrogen-bond acceptors (Lipinski definition) is 4. The van der Waals surface area contributed by atoms with Crippen LogP contribution in [0.4, 0.5) is 0 Å². The number of hydrogen-bond donors (Lipinski definition) is 2. The van der Waals surface area contributed by atoms with Crippen molar-refractivity contribution in [2.45, 2.75) is 66.3 Å². The molecule has 6 heteroatoms. The van der Waals surface area contributed by atoms with Gasteiger partial charge in [-0.3, -0.25) is 0 Å². The molecule has 0 spiro atoms. The summed E-state index contributed by atoms with van der Waals surface area (Å²) in [5, 5.41) is 10.7. The van der Waals surface area contributed by atoms with Crippen LogP contribution in [0.1, 0.15) is 64.6 Å². The first-order chi connectivity index (χ1) is 11.0. The highest BCUT2D eigenvalue weighted by molar-refractivity contribution is 5.79. The van der Waals surface area contributed by atoms with Crippen molar-refractivity contribution in [2.24, 2.45) is 16.3 Å². The summed E-state index contributed by atoms with van der Waals surface area (Å²) in [7, 11) is 0. The molecule has 0 saturated heterocycles. The first-order valence-electron chi connectivity index (χ1n) is 8.84. The van der Waals surface area contributed by atoms with Crippen molar-refractivity contribution in [2.75, 3.05) is 13.1 Å². The molecule has 130 valence electrons. The fraction of sp³-hybridized carbons (Fsp3) is 0.824. The number of nitrogens with one attached hydrogen (secondary N) is 2. The van der Waals surface area contributed by atoms with Gasteiger partial charge in [0.05, 0.1) is 0 Å². The summed E-state index contributed by atoms with van der Waals surface area (Å²) < 4.78 is 4.99. The lowest BCUT2D eigenvalue weighted by molar-refractivity contribution is 0.234. The molecule has 2 rings (SSSR count). The maximum atomic E-state index is 4.99. The van der Waals surface area contributed by atoms with Crippen LogP contribution >= 0.6 is 0 Å². The van der Waals surface area contributed by atoms with Gasteiger partial charge in [-0.1, -0.05) is 31.8 Å². The third-order valence-electron chi connectivity index (χ3n) is 4.43. The lowest BCUT2D eigenvalue weighted by Gasteiger charge is -2.31. The van der Waals surface area contributed by atoms with Gasteiger partial charge in [0.25, 0.3) is 0 Å².